The highest BCUT2D eigenvalue weighted by Crippen LogP contribution is 2.29. The SMILES string of the molecule is COCn1cc(NC(=O)C2CC2)cn1. The topological polar surface area (TPSA) is 56.1 Å². The highest BCUT2D eigenvalue weighted by atomic mass is 16.5. The van der Waals surface area contributed by atoms with Crippen molar-refractivity contribution in [2.45, 2.75) is 19.6 Å². The van der Waals surface area contributed by atoms with Crippen molar-refractivity contribution in [1.82, 2.24) is 9.78 Å². The van der Waals surface area contributed by atoms with E-state index < -0.39 is 0 Å². The third-order valence-electron chi connectivity index (χ3n) is 2.11. The number of rotatable bonds is 4. The van der Waals surface area contributed by atoms with Gasteiger partial charge in [-0.1, -0.05) is 0 Å². The molecule has 1 aliphatic carbocycles. The molecular formula is C9H13N3O2. The number of ether oxygens (including phenoxy) is 1. The number of hydrogen-bond acceptors (Lipinski definition) is 3. The van der Waals surface area contributed by atoms with E-state index in [4.69, 9.17) is 4.74 Å². The molecule has 0 aromatic carbocycles. The van der Waals surface area contributed by atoms with E-state index in [9.17, 15) is 4.79 Å². The van der Waals surface area contributed by atoms with Crippen molar-refractivity contribution in [2.24, 2.45) is 5.92 Å². The van der Waals surface area contributed by atoms with Gasteiger partial charge in [0.05, 0.1) is 18.1 Å². The number of hydrogen-bond donors (Lipinski definition) is 1. The van der Waals surface area contributed by atoms with Gasteiger partial charge in [-0.15, -0.1) is 0 Å². The number of amides is 1. The molecule has 1 amide bonds. The Morgan fingerprint density at radius 3 is 3.21 bits per heavy atom. The Hall–Kier alpha value is -1.36. The predicted molar refractivity (Wildman–Crippen MR) is 50.6 cm³/mol. The van der Waals surface area contributed by atoms with E-state index in [1.807, 2.05) is 0 Å². The Morgan fingerprint density at radius 2 is 2.57 bits per heavy atom. The van der Waals surface area contributed by atoms with Crippen LogP contribution in [0.25, 0.3) is 0 Å². The Balaban J connectivity index is 1.91. The van der Waals surface area contributed by atoms with Gasteiger partial charge in [-0.05, 0) is 12.8 Å². The molecule has 76 valence electrons. The lowest BCUT2D eigenvalue weighted by Gasteiger charge is -1.99. The lowest BCUT2D eigenvalue weighted by molar-refractivity contribution is -0.117. The quantitative estimate of drug-likeness (QED) is 0.774. The van der Waals surface area contributed by atoms with Gasteiger partial charge in [0.1, 0.15) is 6.73 Å². The fraction of sp³-hybridized carbons (Fsp3) is 0.556. The molecule has 1 aromatic rings. The van der Waals surface area contributed by atoms with Crippen LogP contribution < -0.4 is 5.32 Å². The average Bonchev–Trinajstić information content (AvgIpc) is 2.92. The van der Waals surface area contributed by atoms with Crippen molar-refractivity contribution in [1.29, 1.82) is 0 Å². The summed E-state index contributed by atoms with van der Waals surface area (Å²) < 4.78 is 6.52. The van der Waals surface area contributed by atoms with Crippen LogP contribution >= 0.6 is 0 Å². The molecule has 0 atom stereocenters. The standard InChI is InChI=1S/C9H13N3O2/c1-14-6-12-5-8(4-10-12)11-9(13)7-2-3-7/h4-5,7H,2-3,6H2,1H3,(H,11,13). The van der Waals surface area contributed by atoms with Gasteiger partial charge in [0.2, 0.25) is 5.91 Å². The third kappa shape index (κ3) is 2.11. The zero-order valence-electron chi connectivity index (χ0n) is 8.06. The van der Waals surface area contributed by atoms with Crippen molar-refractivity contribution >= 4 is 11.6 Å². The normalized spacial score (nSPS) is 15.5. The minimum Gasteiger partial charge on any atom is -0.362 e. The number of anilines is 1. The molecule has 0 aliphatic heterocycles. The van der Waals surface area contributed by atoms with Gasteiger partial charge >= 0.3 is 0 Å². The predicted octanol–water partition coefficient (Wildman–Crippen LogP) is 0.835. The summed E-state index contributed by atoms with van der Waals surface area (Å²) in [7, 11) is 1.60. The van der Waals surface area contributed by atoms with Crippen molar-refractivity contribution in [2.75, 3.05) is 12.4 Å². The van der Waals surface area contributed by atoms with Gasteiger partial charge in [-0.2, -0.15) is 5.10 Å². The second-order valence-corrected chi connectivity index (χ2v) is 3.45. The first-order chi connectivity index (χ1) is 6.79. The van der Waals surface area contributed by atoms with E-state index in [0.29, 0.717) is 6.73 Å². The van der Waals surface area contributed by atoms with Gasteiger partial charge in [-0.25, -0.2) is 4.68 Å². The smallest absolute Gasteiger partial charge is 0.227 e. The van der Waals surface area contributed by atoms with E-state index in [0.717, 1.165) is 18.5 Å². The molecule has 14 heavy (non-hydrogen) atoms. The van der Waals surface area contributed by atoms with E-state index >= 15 is 0 Å². The molecule has 5 nitrogen and oxygen atoms in total. The fourth-order valence-corrected chi connectivity index (χ4v) is 1.22. The second kappa shape index (κ2) is 3.79. The first-order valence-electron chi connectivity index (χ1n) is 4.62. The third-order valence-corrected chi connectivity index (χ3v) is 2.11. The maximum Gasteiger partial charge on any atom is 0.227 e. The van der Waals surface area contributed by atoms with E-state index in [-0.39, 0.29) is 11.8 Å². The van der Waals surface area contributed by atoms with Crippen LogP contribution in [0.4, 0.5) is 5.69 Å². The van der Waals surface area contributed by atoms with Crippen LogP contribution in [0, 0.1) is 5.92 Å². The van der Waals surface area contributed by atoms with Gasteiger partial charge in [0, 0.05) is 13.0 Å². The van der Waals surface area contributed by atoms with E-state index in [1.165, 1.54) is 0 Å². The van der Waals surface area contributed by atoms with E-state index in [1.54, 1.807) is 24.2 Å². The molecule has 1 saturated carbocycles. The molecule has 0 saturated heterocycles. The largest absolute Gasteiger partial charge is 0.362 e. The molecule has 0 spiro atoms. The molecule has 1 heterocycles. The summed E-state index contributed by atoms with van der Waals surface area (Å²) in [5.74, 6) is 0.322. The molecule has 0 bridgehead atoms. The zero-order valence-corrected chi connectivity index (χ0v) is 8.06. The number of nitrogens with one attached hydrogen (secondary N) is 1. The number of carbonyl (C=O) groups excluding carboxylic acids is 1. The Morgan fingerprint density at radius 1 is 1.79 bits per heavy atom. The highest BCUT2D eigenvalue weighted by molar-refractivity contribution is 5.93. The second-order valence-electron chi connectivity index (χ2n) is 3.45. The van der Waals surface area contributed by atoms with Crippen molar-refractivity contribution in [3.8, 4) is 0 Å². The van der Waals surface area contributed by atoms with E-state index in [2.05, 4.69) is 10.4 Å². The Labute approximate surface area is 82.0 Å². The minimum absolute atomic E-state index is 0.0990. The van der Waals surface area contributed by atoms with Crippen LogP contribution in [0.15, 0.2) is 12.4 Å². The molecule has 5 heteroatoms. The summed E-state index contributed by atoms with van der Waals surface area (Å²) in [6.07, 6.45) is 5.40. The molecule has 1 N–H and O–H groups in total. The van der Waals surface area contributed by atoms with Gasteiger partial charge < -0.3 is 10.1 Å². The molecule has 2 rings (SSSR count). The van der Waals surface area contributed by atoms with Crippen LogP contribution in [-0.4, -0.2) is 22.8 Å². The van der Waals surface area contributed by atoms with Crippen LogP contribution in [0.1, 0.15) is 12.8 Å². The fourth-order valence-electron chi connectivity index (χ4n) is 1.22. The summed E-state index contributed by atoms with van der Waals surface area (Å²) in [6.45, 7) is 0.402. The maximum atomic E-state index is 11.4. The molecule has 1 aromatic heterocycles. The molecular weight excluding hydrogens is 182 g/mol. The summed E-state index contributed by atoms with van der Waals surface area (Å²) in [4.78, 5) is 11.4. The summed E-state index contributed by atoms with van der Waals surface area (Å²) in [5, 5.41) is 6.82. The zero-order chi connectivity index (χ0) is 9.97. The van der Waals surface area contributed by atoms with Crippen LogP contribution in [0.2, 0.25) is 0 Å². The van der Waals surface area contributed by atoms with Gasteiger partial charge in [0.25, 0.3) is 0 Å². The Bertz CT molecular complexity index is 331. The highest BCUT2D eigenvalue weighted by Gasteiger charge is 2.29. The van der Waals surface area contributed by atoms with Gasteiger partial charge in [0.15, 0.2) is 0 Å². The number of aromatic nitrogens is 2. The van der Waals surface area contributed by atoms with Crippen molar-refractivity contribution in [3.05, 3.63) is 12.4 Å². The van der Waals surface area contributed by atoms with Crippen LogP contribution in [0.5, 0.6) is 0 Å². The number of carbonyl (C=O) groups is 1. The molecule has 1 aliphatic rings. The first kappa shape index (κ1) is 9.21. The summed E-state index contributed by atoms with van der Waals surface area (Å²) >= 11 is 0. The lowest BCUT2D eigenvalue weighted by atomic mass is 10.4. The van der Waals surface area contributed by atoms with Crippen LogP contribution in [0.3, 0.4) is 0 Å². The lowest BCUT2D eigenvalue weighted by Crippen LogP contribution is -2.12. The van der Waals surface area contributed by atoms with Crippen LogP contribution in [-0.2, 0) is 16.3 Å². The summed E-state index contributed by atoms with van der Waals surface area (Å²) in [6, 6.07) is 0. The minimum atomic E-state index is 0.0990. The van der Waals surface area contributed by atoms with Crippen molar-refractivity contribution < 1.29 is 9.53 Å². The molecule has 0 radical (unpaired) electrons. The molecule has 0 unspecified atom stereocenters. The molecule has 1 fully saturated rings. The first-order valence-corrected chi connectivity index (χ1v) is 4.62. The Kier molecular flexibility index (Phi) is 2.49. The van der Waals surface area contributed by atoms with Crippen molar-refractivity contribution in [3.63, 3.8) is 0 Å². The van der Waals surface area contributed by atoms with Gasteiger partial charge in [-0.3, -0.25) is 4.79 Å². The maximum absolute atomic E-state index is 11.4. The number of nitrogens with zero attached hydrogens (tertiary/aromatic N) is 2. The average molecular weight is 195 g/mol. The number of methoxy groups -OCH3 is 1. The monoisotopic (exact) mass is 195 g/mol. The summed E-state index contributed by atoms with van der Waals surface area (Å²) in [5.41, 5.74) is 0.735.